The Morgan fingerprint density at radius 3 is 1.50 bits per heavy atom. The molecule has 0 heterocycles. The van der Waals surface area contributed by atoms with E-state index in [1.165, 1.54) is 5.20 Å². The van der Waals surface area contributed by atoms with E-state index in [0.717, 1.165) is 0 Å². The number of nitrogens with zero attached hydrogens (tertiary/aromatic N) is 3. The second-order valence-electron chi connectivity index (χ2n) is 5.35. The van der Waals surface area contributed by atoms with Gasteiger partial charge in [-0.25, -0.2) is 0 Å². The van der Waals surface area contributed by atoms with Gasteiger partial charge in [-0.2, -0.15) is 0 Å². The minimum Gasteiger partial charge on any atom is -0.390 e. The van der Waals surface area contributed by atoms with E-state index in [0.29, 0.717) is 13.2 Å². The van der Waals surface area contributed by atoms with Gasteiger partial charge in [-0.15, -0.1) is 0 Å². The Balaban J connectivity index is 5.53. The van der Waals surface area contributed by atoms with Gasteiger partial charge in [-0.1, -0.05) is 5.70 Å². The van der Waals surface area contributed by atoms with Crippen LogP contribution in [0, 0.1) is 0 Å². The van der Waals surface area contributed by atoms with E-state index in [1.54, 1.807) is 0 Å². The molecule has 0 saturated heterocycles. The maximum absolute atomic E-state index is 5.81. The fraction of sp³-hybridized carbons (Fsp3) is 0.846. The number of hydrogen-bond donors (Lipinski definition) is 0. The second-order valence-corrected chi connectivity index (χ2v) is 11.6. The lowest BCUT2D eigenvalue weighted by molar-refractivity contribution is 0.221. The lowest BCUT2D eigenvalue weighted by Crippen LogP contribution is -2.69. The normalized spacial score (nSPS) is 14.2. The summed E-state index contributed by atoms with van der Waals surface area (Å²) >= 11 is 0. The highest BCUT2D eigenvalue weighted by molar-refractivity contribution is 6.78. The Bertz CT molecular complexity index is 282. The van der Waals surface area contributed by atoms with Gasteiger partial charge in [-0.05, 0) is 68.3 Å². The van der Waals surface area contributed by atoms with E-state index < -0.39 is 17.8 Å². The van der Waals surface area contributed by atoms with Crippen molar-refractivity contribution in [3.05, 3.63) is 10.9 Å². The molecule has 0 rings (SSSR count). The van der Waals surface area contributed by atoms with E-state index in [9.17, 15) is 0 Å². The summed E-state index contributed by atoms with van der Waals surface area (Å²) < 4.78 is 18.6. The Morgan fingerprint density at radius 2 is 1.25 bits per heavy atom. The third-order valence-corrected chi connectivity index (χ3v) is 10.2. The quantitative estimate of drug-likeness (QED) is 0.596. The van der Waals surface area contributed by atoms with E-state index in [4.69, 9.17) is 8.85 Å². The average molecular weight is 319 g/mol. The second kappa shape index (κ2) is 9.09. The van der Waals surface area contributed by atoms with Crippen LogP contribution in [-0.2, 0) is 8.85 Å². The van der Waals surface area contributed by atoms with Crippen LogP contribution in [0.25, 0.3) is 0 Å². The minimum atomic E-state index is -2.01. The topological polar surface area (TPSA) is 28.2 Å². The summed E-state index contributed by atoms with van der Waals surface area (Å²) in [4.78, 5) is 0. The predicted octanol–water partition coefficient (Wildman–Crippen LogP) is 1.20. The van der Waals surface area contributed by atoms with Crippen LogP contribution in [-0.4, -0.2) is 87.0 Å². The minimum absolute atomic E-state index is 0.694. The summed E-state index contributed by atoms with van der Waals surface area (Å²) in [6, 6.07) is 0. The third kappa shape index (κ3) is 4.76. The Morgan fingerprint density at radius 1 is 0.900 bits per heavy atom. The molecular formula is C13H32N3O2Si2. The Hall–Kier alpha value is -0.0262. The molecule has 7 heteroatoms. The molecule has 1 radical (unpaired) electrons. The third-order valence-electron chi connectivity index (χ3n) is 3.26. The summed E-state index contributed by atoms with van der Waals surface area (Å²) in [5.41, 5.74) is 2.38. The van der Waals surface area contributed by atoms with Crippen molar-refractivity contribution < 1.29 is 8.85 Å². The molecular weight excluding hydrogens is 286 g/mol. The zero-order chi connectivity index (χ0) is 15.9. The van der Waals surface area contributed by atoms with Crippen molar-refractivity contribution in [2.45, 2.75) is 20.8 Å². The van der Waals surface area contributed by atoms with Crippen molar-refractivity contribution in [2.75, 3.05) is 55.5 Å². The Labute approximate surface area is 128 Å². The van der Waals surface area contributed by atoms with Gasteiger partial charge in [0.05, 0.1) is 0 Å². The summed E-state index contributed by atoms with van der Waals surface area (Å²) in [6.45, 7) is 7.56. The first kappa shape index (κ1) is 20.0. The summed E-state index contributed by atoms with van der Waals surface area (Å²) in [5, 5.41) is 1.24. The maximum Gasteiger partial charge on any atom is 0.418 e. The SMILES string of the molecule is CCO[Si](OCC)C(C)=C[Si](N(C)C)(N(C)C)N(C)C. The van der Waals surface area contributed by atoms with E-state index >= 15 is 0 Å². The van der Waals surface area contributed by atoms with Crippen LogP contribution < -0.4 is 0 Å². The van der Waals surface area contributed by atoms with Crippen molar-refractivity contribution in [1.29, 1.82) is 0 Å². The summed E-state index contributed by atoms with van der Waals surface area (Å²) in [7, 11) is 9.51. The molecule has 0 aliphatic carbocycles. The molecule has 5 nitrogen and oxygen atoms in total. The number of hydrogen-bond acceptors (Lipinski definition) is 5. The molecule has 0 amide bonds. The van der Waals surface area contributed by atoms with Crippen molar-refractivity contribution in [2.24, 2.45) is 0 Å². The number of rotatable bonds is 9. The molecule has 0 spiro atoms. The van der Waals surface area contributed by atoms with E-state index in [-0.39, 0.29) is 0 Å². The number of allylic oxidation sites excluding steroid dienone is 1. The van der Waals surface area contributed by atoms with Crippen LogP contribution in [0.3, 0.4) is 0 Å². The van der Waals surface area contributed by atoms with Crippen molar-refractivity contribution in [1.82, 2.24) is 13.7 Å². The zero-order valence-corrected chi connectivity index (χ0v) is 16.6. The molecule has 0 aromatic rings. The van der Waals surface area contributed by atoms with Gasteiger partial charge < -0.3 is 22.5 Å². The van der Waals surface area contributed by atoms with Crippen LogP contribution in [0.15, 0.2) is 10.9 Å². The first-order valence-electron chi connectivity index (χ1n) is 7.08. The molecule has 0 fully saturated rings. The van der Waals surface area contributed by atoms with Crippen LogP contribution in [0.5, 0.6) is 0 Å². The highest BCUT2D eigenvalue weighted by Gasteiger charge is 2.41. The zero-order valence-electron chi connectivity index (χ0n) is 14.6. The Kier molecular flexibility index (Phi) is 9.07. The molecule has 0 aromatic carbocycles. The molecule has 0 atom stereocenters. The monoisotopic (exact) mass is 318 g/mol. The lowest BCUT2D eigenvalue weighted by atomic mass is 10.7. The molecule has 0 aromatic heterocycles. The standard InChI is InChI=1S/C13H32N3O2Si2/c1-10-17-19(18-11-2)13(3)12-20(14(4)5,15(6)7)16(8)9/h12H,10-11H2,1-9H3. The van der Waals surface area contributed by atoms with E-state index in [2.05, 4.69) is 68.6 Å². The van der Waals surface area contributed by atoms with Crippen LogP contribution in [0.2, 0.25) is 0 Å². The van der Waals surface area contributed by atoms with Gasteiger partial charge in [0.2, 0.25) is 0 Å². The summed E-state index contributed by atoms with van der Waals surface area (Å²) in [6.07, 6.45) is 0. The fourth-order valence-electron chi connectivity index (χ4n) is 2.47. The first-order chi connectivity index (χ1) is 9.23. The molecule has 0 aliphatic heterocycles. The van der Waals surface area contributed by atoms with Crippen molar-refractivity contribution in [3.8, 4) is 0 Å². The smallest absolute Gasteiger partial charge is 0.390 e. The maximum atomic E-state index is 5.81. The predicted molar refractivity (Wildman–Crippen MR) is 89.6 cm³/mol. The molecule has 0 saturated carbocycles. The lowest BCUT2D eigenvalue weighted by Gasteiger charge is -2.45. The van der Waals surface area contributed by atoms with Gasteiger partial charge >= 0.3 is 17.8 Å². The highest BCUT2D eigenvalue weighted by atomic mass is 28.4. The average Bonchev–Trinajstić information content (AvgIpc) is 2.33. The van der Waals surface area contributed by atoms with Crippen molar-refractivity contribution >= 4 is 17.8 Å². The summed E-state index contributed by atoms with van der Waals surface area (Å²) in [5.74, 6) is 0. The molecule has 119 valence electrons. The van der Waals surface area contributed by atoms with Crippen molar-refractivity contribution in [3.63, 3.8) is 0 Å². The van der Waals surface area contributed by atoms with Crippen LogP contribution in [0.1, 0.15) is 20.8 Å². The molecule has 0 aliphatic rings. The van der Waals surface area contributed by atoms with E-state index in [1.807, 2.05) is 13.8 Å². The van der Waals surface area contributed by atoms with Crippen LogP contribution in [0.4, 0.5) is 0 Å². The molecule has 0 unspecified atom stereocenters. The van der Waals surface area contributed by atoms with Gasteiger partial charge in [0, 0.05) is 13.2 Å². The highest BCUT2D eigenvalue weighted by Crippen LogP contribution is 2.18. The molecule has 20 heavy (non-hydrogen) atoms. The van der Waals surface area contributed by atoms with Gasteiger partial charge in [0.25, 0.3) is 0 Å². The van der Waals surface area contributed by atoms with Gasteiger partial charge in [0.1, 0.15) is 0 Å². The first-order valence-corrected chi connectivity index (χ1v) is 10.3. The molecule has 0 N–H and O–H groups in total. The largest absolute Gasteiger partial charge is 0.418 e. The van der Waals surface area contributed by atoms with Gasteiger partial charge in [0.15, 0.2) is 0 Å². The fourth-order valence-corrected chi connectivity index (χ4v) is 8.34. The van der Waals surface area contributed by atoms with Crippen LogP contribution >= 0.6 is 0 Å². The van der Waals surface area contributed by atoms with Gasteiger partial charge in [-0.3, -0.25) is 0 Å². The molecule has 0 bridgehead atoms.